The van der Waals surface area contributed by atoms with E-state index >= 15 is 0 Å². The standard InChI is InChI=1S/C20H21F3N2O/c1-13-2-4-14(5-3-13)10-19(26)25-18-12-24-11-17(18)15-6-8-16(9-7-15)20(21,22)23/h2-9,17-18,24H,10-12H2,1H3,(H,25,26)/t17-,18+/m1/s1. The summed E-state index contributed by atoms with van der Waals surface area (Å²) in [6.07, 6.45) is -4.05. The molecule has 0 aliphatic carbocycles. The number of amides is 1. The van der Waals surface area contributed by atoms with Gasteiger partial charge in [0.1, 0.15) is 0 Å². The second kappa shape index (κ2) is 7.50. The number of hydrogen-bond acceptors (Lipinski definition) is 2. The lowest BCUT2D eigenvalue weighted by atomic mass is 9.93. The molecule has 1 fully saturated rings. The molecule has 1 aliphatic heterocycles. The number of alkyl halides is 3. The van der Waals surface area contributed by atoms with Crippen molar-refractivity contribution in [3.05, 3.63) is 70.8 Å². The van der Waals surface area contributed by atoms with Gasteiger partial charge in [0, 0.05) is 25.0 Å². The molecule has 3 rings (SSSR count). The molecule has 1 aliphatic rings. The molecule has 0 aromatic heterocycles. The summed E-state index contributed by atoms with van der Waals surface area (Å²) in [7, 11) is 0. The van der Waals surface area contributed by atoms with Crippen molar-refractivity contribution >= 4 is 5.91 Å². The van der Waals surface area contributed by atoms with Gasteiger partial charge in [0.25, 0.3) is 0 Å². The van der Waals surface area contributed by atoms with Gasteiger partial charge in [-0.05, 0) is 30.2 Å². The Balaban J connectivity index is 1.64. The van der Waals surface area contributed by atoms with E-state index in [9.17, 15) is 18.0 Å². The van der Waals surface area contributed by atoms with Crippen molar-refractivity contribution in [3.63, 3.8) is 0 Å². The normalized spacial score (nSPS) is 20.2. The lowest BCUT2D eigenvalue weighted by Gasteiger charge is -2.21. The van der Waals surface area contributed by atoms with E-state index in [0.29, 0.717) is 13.1 Å². The zero-order valence-corrected chi connectivity index (χ0v) is 14.4. The maximum Gasteiger partial charge on any atom is 0.416 e. The number of nitrogens with one attached hydrogen (secondary N) is 2. The predicted octanol–water partition coefficient (Wildman–Crippen LogP) is 3.43. The maximum atomic E-state index is 12.7. The molecule has 1 saturated heterocycles. The first-order valence-electron chi connectivity index (χ1n) is 8.56. The largest absolute Gasteiger partial charge is 0.416 e. The predicted molar refractivity (Wildman–Crippen MR) is 93.9 cm³/mol. The molecule has 0 radical (unpaired) electrons. The second-order valence-electron chi connectivity index (χ2n) is 6.72. The van der Waals surface area contributed by atoms with Gasteiger partial charge in [-0.1, -0.05) is 42.0 Å². The van der Waals surface area contributed by atoms with Crippen LogP contribution in [-0.4, -0.2) is 25.0 Å². The van der Waals surface area contributed by atoms with Gasteiger partial charge in [0.2, 0.25) is 5.91 Å². The van der Waals surface area contributed by atoms with Crippen LogP contribution in [0.25, 0.3) is 0 Å². The minimum Gasteiger partial charge on any atom is -0.351 e. The Morgan fingerprint density at radius 2 is 1.73 bits per heavy atom. The summed E-state index contributed by atoms with van der Waals surface area (Å²) >= 11 is 0. The summed E-state index contributed by atoms with van der Waals surface area (Å²) in [5.74, 6) is -0.126. The quantitative estimate of drug-likeness (QED) is 0.875. The van der Waals surface area contributed by atoms with Crippen LogP contribution < -0.4 is 10.6 Å². The molecule has 138 valence electrons. The van der Waals surface area contributed by atoms with E-state index in [1.165, 1.54) is 12.1 Å². The van der Waals surface area contributed by atoms with Crippen LogP contribution in [0.2, 0.25) is 0 Å². The molecule has 0 saturated carbocycles. The SMILES string of the molecule is Cc1ccc(CC(=O)N[C@H]2CNC[C@@H]2c2ccc(C(F)(F)F)cc2)cc1. The van der Waals surface area contributed by atoms with Crippen molar-refractivity contribution in [1.82, 2.24) is 10.6 Å². The van der Waals surface area contributed by atoms with Crippen LogP contribution in [0.4, 0.5) is 13.2 Å². The van der Waals surface area contributed by atoms with E-state index in [1.807, 2.05) is 31.2 Å². The fraction of sp³-hybridized carbons (Fsp3) is 0.350. The number of halogens is 3. The van der Waals surface area contributed by atoms with E-state index in [1.54, 1.807) is 0 Å². The van der Waals surface area contributed by atoms with Gasteiger partial charge < -0.3 is 10.6 Å². The molecule has 0 unspecified atom stereocenters. The van der Waals surface area contributed by atoms with Gasteiger partial charge in [-0.3, -0.25) is 4.79 Å². The monoisotopic (exact) mass is 362 g/mol. The van der Waals surface area contributed by atoms with Gasteiger partial charge >= 0.3 is 6.18 Å². The van der Waals surface area contributed by atoms with E-state index in [4.69, 9.17) is 0 Å². The maximum absolute atomic E-state index is 12.7. The summed E-state index contributed by atoms with van der Waals surface area (Å²) < 4.78 is 38.1. The van der Waals surface area contributed by atoms with Crippen molar-refractivity contribution in [2.45, 2.75) is 31.5 Å². The molecule has 2 N–H and O–H groups in total. The fourth-order valence-electron chi connectivity index (χ4n) is 3.25. The van der Waals surface area contributed by atoms with Gasteiger partial charge in [-0.25, -0.2) is 0 Å². The van der Waals surface area contributed by atoms with Crippen molar-refractivity contribution in [2.75, 3.05) is 13.1 Å². The Labute approximate surface area is 150 Å². The van der Waals surface area contributed by atoms with Crippen molar-refractivity contribution in [3.8, 4) is 0 Å². The highest BCUT2D eigenvalue weighted by Crippen LogP contribution is 2.31. The fourth-order valence-corrected chi connectivity index (χ4v) is 3.25. The van der Waals surface area contributed by atoms with Crippen LogP contribution in [-0.2, 0) is 17.4 Å². The summed E-state index contributed by atoms with van der Waals surface area (Å²) in [5.41, 5.74) is 2.21. The first-order valence-corrected chi connectivity index (χ1v) is 8.56. The van der Waals surface area contributed by atoms with Crippen LogP contribution in [0.5, 0.6) is 0 Å². The molecule has 2 aromatic rings. The molecule has 2 atom stereocenters. The highest BCUT2D eigenvalue weighted by atomic mass is 19.4. The highest BCUT2D eigenvalue weighted by Gasteiger charge is 2.32. The van der Waals surface area contributed by atoms with Crippen molar-refractivity contribution < 1.29 is 18.0 Å². The average molecular weight is 362 g/mol. The Morgan fingerprint density at radius 3 is 2.35 bits per heavy atom. The van der Waals surface area contributed by atoms with Crippen LogP contribution in [0.15, 0.2) is 48.5 Å². The molecule has 2 aromatic carbocycles. The zero-order chi connectivity index (χ0) is 18.7. The van der Waals surface area contributed by atoms with Gasteiger partial charge in [-0.15, -0.1) is 0 Å². The van der Waals surface area contributed by atoms with Crippen LogP contribution in [0.1, 0.15) is 28.2 Å². The van der Waals surface area contributed by atoms with Gasteiger partial charge in [0.15, 0.2) is 0 Å². The summed E-state index contributed by atoms with van der Waals surface area (Å²) in [4.78, 5) is 12.3. The van der Waals surface area contributed by atoms with Gasteiger partial charge in [0.05, 0.1) is 12.0 Å². The molecular weight excluding hydrogens is 341 g/mol. The molecule has 6 heteroatoms. The molecule has 26 heavy (non-hydrogen) atoms. The Morgan fingerprint density at radius 1 is 1.08 bits per heavy atom. The molecule has 0 bridgehead atoms. The lowest BCUT2D eigenvalue weighted by molar-refractivity contribution is -0.137. The number of carbonyl (C=O) groups is 1. The number of hydrogen-bond donors (Lipinski definition) is 2. The summed E-state index contributed by atoms with van der Waals surface area (Å²) in [6, 6.07) is 12.8. The lowest BCUT2D eigenvalue weighted by Crippen LogP contribution is -2.40. The molecule has 1 amide bonds. The topological polar surface area (TPSA) is 41.1 Å². The number of aryl methyl sites for hydroxylation is 1. The number of benzene rings is 2. The molecule has 0 spiro atoms. The van der Waals surface area contributed by atoms with Crippen molar-refractivity contribution in [2.24, 2.45) is 0 Å². The minimum atomic E-state index is -4.34. The molecule has 1 heterocycles. The first-order chi connectivity index (χ1) is 12.3. The number of carbonyl (C=O) groups excluding carboxylic acids is 1. The average Bonchev–Trinajstić information content (AvgIpc) is 3.04. The molecule has 3 nitrogen and oxygen atoms in total. The summed E-state index contributed by atoms with van der Waals surface area (Å²) in [5, 5.41) is 6.22. The van der Waals surface area contributed by atoms with Crippen molar-refractivity contribution in [1.29, 1.82) is 0 Å². The third-order valence-corrected chi connectivity index (χ3v) is 4.71. The van der Waals surface area contributed by atoms with Crippen LogP contribution >= 0.6 is 0 Å². The third-order valence-electron chi connectivity index (χ3n) is 4.71. The van der Waals surface area contributed by atoms with E-state index < -0.39 is 11.7 Å². The molecular formula is C20H21F3N2O. The Bertz CT molecular complexity index is 754. The second-order valence-corrected chi connectivity index (χ2v) is 6.72. The number of rotatable bonds is 4. The van der Waals surface area contributed by atoms with E-state index in [2.05, 4.69) is 10.6 Å². The van der Waals surface area contributed by atoms with Crippen LogP contribution in [0, 0.1) is 6.92 Å². The first kappa shape index (κ1) is 18.5. The smallest absolute Gasteiger partial charge is 0.351 e. The Kier molecular flexibility index (Phi) is 5.32. The Hall–Kier alpha value is -2.34. The zero-order valence-electron chi connectivity index (χ0n) is 14.4. The van der Waals surface area contributed by atoms with Gasteiger partial charge in [-0.2, -0.15) is 13.2 Å². The third kappa shape index (κ3) is 4.43. The summed E-state index contributed by atoms with van der Waals surface area (Å²) in [6.45, 7) is 3.22. The van der Waals surface area contributed by atoms with E-state index in [0.717, 1.165) is 28.8 Å². The van der Waals surface area contributed by atoms with E-state index in [-0.39, 0.29) is 24.3 Å². The minimum absolute atomic E-state index is 0.0424. The van der Waals surface area contributed by atoms with Crippen LogP contribution in [0.3, 0.4) is 0 Å². The highest BCUT2D eigenvalue weighted by molar-refractivity contribution is 5.79.